The Morgan fingerprint density at radius 3 is 2.48 bits per heavy atom. The van der Waals surface area contributed by atoms with E-state index in [1.54, 1.807) is 26.1 Å². The zero-order chi connectivity index (χ0) is 23.8. The van der Waals surface area contributed by atoms with E-state index in [-0.39, 0.29) is 16.5 Å². The number of halogens is 4. The van der Waals surface area contributed by atoms with Crippen LogP contribution < -0.4 is 10.6 Å². The number of carbonyl (C=O) groups excluding carboxylic acids is 2. The smallest absolute Gasteiger partial charge is 0.324 e. The Morgan fingerprint density at radius 1 is 1.39 bits per heavy atom. The molecule has 0 bridgehead atoms. The third-order valence-electron chi connectivity index (χ3n) is 4.42. The lowest BCUT2D eigenvalue weighted by atomic mass is 9.96. The van der Waals surface area contributed by atoms with Gasteiger partial charge < -0.3 is 15.5 Å². The fourth-order valence-corrected chi connectivity index (χ4v) is 3.48. The molecule has 0 aromatic carbocycles. The minimum Gasteiger partial charge on any atom is -0.324 e. The SMILES string of the molecule is CC(C)(C)C(=O)Nc1cc(C(CCS(=O)(=O)O)N2C[C@@H](C(F)(F)F)NC2=O)c(Cl)nn1. The third-order valence-corrected chi connectivity index (χ3v) is 5.46. The van der Waals surface area contributed by atoms with Crippen LogP contribution in [0.3, 0.4) is 0 Å². The zero-order valence-corrected chi connectivity index (χ0v) is 18.3. The topological polar surface area (TPSA) is 142 Å². The maximum atomic E-state index is 13.1. The van der Waals surface area contributed by atoms with Crippen molar-refractivity contribution in [2.45, 2.75) is 45.5 Å². The summed E-state index contributed by atoms with van der Waals surface area (Å²) in [6.45, 7) is 4.08. The normalized spacial score (nSPS) is 18.6. The average molecular weight is 488 g/mol. The molecule has 174 valence electrons. The predicted octanol–water partition coefficient (Wildman–Crippen LogP) is 2.39. The molecule has 3 amide bonds. The Morgan fingerprint density at radius 2 is 2.00 bits per heavy atom. The van der Waals surface area contributed by atoms with Crippen molar-refractivity contribution in [2.24, 2.45) is 5.41 Å². The van der Waals surface area contributed by atoms with Gasteiger partial charge in [0.15, 0.2) is 11.0 Å². The standard InChI is InChI=1S/C16H21ClF3N5O5S/c1-15(2,3)13(26)22-11-6-8(12(17)24-23-11)9(4-5-31(28,29)30)25-7-10(16(18,19)20)21-14(25)27/h6,9-10H,4-5,7H2,1-3H3,(H,21,27)(H,22,23,26)(H,28,29,30)/t9?,10-/m0/s1. The summed E-state index contributed by atoms with van der Waals surface area (Å²) >= 11 is 6.04. The van der Waals surface area contributed by atoms with Gasteiger partial charge in [-0.3, -0.25) is 9.35 Å². The van der Waals surface area contributed by atoms with Crippen LogP contribution in [0.2, 0.25) is 5.15 Å². The van der Waals surface area contributed by atoms with Gasteiger partial charge in [-0.25, -0.2) is 4.79 Å². The maximum Gasteiger partial charge on any atom is 0.410 e. The van der Waals surface area contributed by atoms with Crippen LogP contribution in [0.5, 0.6) is 0 Å². The highest BCUT2D eigenvalue weighted by molar-refractivity contribution is 7.85. The average Bonchev–Trinajstić information content (AvgIpc) is 2.98. The summed E-state index contributed by atoms with van der Waals surface area (Å²) in [5.74, 6) is -1.40. The van der Waals surface area contributed by atoms with Gasteiger partial charge in [-0.2, -0.15) is 21.6 Å². The second-order valence-electron chi connectivity index (χ2n) is 7.97. The first kappa shape index (κ1) is 25.1. The Labute approximate surface area is 181 Å². The molecule has 1 aromatic heterocycles. The molecular formula is C16H21ClF3N5O5S. The van der Waals surface area contributed by atoms with Crippen LogP contribution in [-0.2, 0) is 14.9 Å². The van der Waals surface area contributed by atoms with Crippen molar-refractivity contribution < 1.29 is 35.7 Å². The summed E-state index contributed by atoms with van der Waals surface area (Å²) in [5, 5.41) is 11.3. The van der Waals surface area contributed by atoms with E-state index in [2.05, 4.69) is 15.5 Å². The van der Waals surface area contributed by atoms with Crippen molar-refractivity contribution in [1.82, 2.24) is 20.4 Å². The molecule has 10 nitrogen and oxygen atoms in total. The van der Waals surface area contributed by atoms with Gasteiger partial charge in [0.05, 0.1) is 18.3 Å². The third kappa shape index (κ3) is 6.64. The number of carbonyl (C=O) groups is 2. The summed E-state index contributed by atoms with van der Waals surface area (Å²) in [6, 6.07) is -3.39. The molecule has 0 saturated carbocycles. The molecule has 1 aromatic rings. The molecule has 0 aliphatic carbocycles. The van der Waals surface area contributed by atoms with E-state index in [1.807, 2.05) is 0 Å². The minimum absolute atomic E-state index is 0.0394. The van der Waals surface area contributed by atoms with Gasteiger partial charge >= 0.3 is 12.2 Å². The highest BCUT2D eigenvalue weighted by Gasteiger charge is 2.49. The number of alkyl halides is 3. The highest BCUT2D eigenvalue weighted by atomic mass is 35.5. The Balaban J connectivity index is 2.43. The van der Waals surface area contributed by atoms with Gasteiger partial charge in [0.25, 0.3) is 10.1 Å². The highest BCUT2D eigenvalue weighted by Crippen LogP contribution is 2.35. The van der Waals surface area contributed by atoms with Gasteiger partial charge in [-0.1, -0.05) is 32.4 Å². The van der Waals surface area contributed by atoms with Crippen molar-refractivity contribution in [1.29, 1.82) is 0 Å². The van der Waals surface area contributed by atoms with E-state index >= 15 is 0 Å². The number of aromatic nitrogens is 2. The molecule has 1 aliphatic rings. The summed E-state index contributed by atoms with van der Waals surface area (Å²) in [5.41, 5.74) is -0.844. The Hall–Kier alpha value is -2.19. The Bertz CT molecular complexity index is 967. The monoisotopic (exact) mass is 487 g/mol. The molecule has 15 heteroatoms. The van der Waals surface area contributed by atoms with Crippen LogP contribution in [0.4, 0.5) is 23.8 Å². The molecule has 0 spiro atoms. The number of hydrogen-bond donors (Lipinski definition) is 3. The fourth-order valence-electron chi connectivity index (χ4n) is 2.74. The van der Waals surface area contributed by atoms with Gasteiger partial charge in [0.2, 0.25) is 5.91 Å². The second kappa shape index (κ2) is 8.74. The minimum atomic E-state index is -4.73. The molecule has 0 radical (unpaired) electrons. The van der Waals surface area contributed by atoms with Crippen LogP contribution in [0, 0.1) is 5.41 Å². The van der Waals surface area contributed by atoms with Crippen LogP contribution in [0.25, 0.3) is 0 Å². The molecule has 2 rings (SSSR count). The van der Waals surface area contributed by atoms with Crippen LogP contribution in [-0.4, -0.2) is 64.5 Å². The van der Waals surface area contributed by atoms with Crippen molar-refractivity contribution in [3.63, 3.8) is 0 Å². The fraction of sp³-hybridized carbons (Fsp3) is 0.625. The van der Waals surface area contributed by atoms with E-state index in [9.17, 15) is 31.2 Å². The first-order valence-electron chi connectivity index (χ1n) is 8.92. The lowest BCUT2D eigenvalue weighted by Crippen LogP contribution is -2.40. The molecule has 1 aliphatic heterocycles. The number of nitrogens with one attached hydrogen (secondary N) is 2. The molecule has 1 fully saturated rings. The van der Waals surface area contributed by atoms with Crippen molar-refractivity contribution in [2.75, 3.05) is 17.6 Å². The lowest BCUT2D eigenvalue weighted by Gasteiger charge is -2.28. The van der Waals surface area contributed by atoms with Crippen LogP contribution in [0.1, 0.15) is 38.8 Å². The molecule has 1 saturated heterocycles. The molecule has 31 heavy (non-hydrogen) atoms. The zero-order valence-electron chi connectivity index (χ0n) is 16.7. The molecule has 2 heterocycles. The summed E-state index contributed by atoms with van der Waals surface area (Å²) in [7, 11) is -4.51. The molecule has 2 atom stereocenters. The number of amides is 3. The van der Waals surface area contributed by atoms with Crippen LogP contribution in [0.15, 0.2) is 6.07 Å². The van der Waals surface area contributed by atoms with Gasteiger partial charge in [0, 0.05) is 11.0 Å². The maximum absolute atomic E-state index is 13.1. The number of anilines is 1. The quantitative estimate of drug-likeness (QED) is 0.523. The molecule has 3 N–H and O–H groups in total. The molecular weight excluding hydrogens is 467 g/mol. The van der Waals surface area contributed by atoms with Gasteiger partial charge in [0.1, 0.15) is 6.04 Å². The summed E-state index contributed by atoms with van der Waals surface area (Å²) in [4.78, 5) is 25.2. The summed E-state index contributed by atoms with van der Waals surface area (Å²) in [6.07, 6.45) is -5.21. The van der Waals surface area contributed by atoms with E-state index < -0.39 is 64.4 Å². The predicted molar refractivity (Wildman–Crippen MR) is 104 cm³/mol. The van der Waals surface area contributed by atoms with E-state index in [0.717, 1.165) is 4.90 Å². The number of urea groups is 1. The largest absolute Gasteiger partial charge is 0.410 e. The van der Waals surface area contributed by atoms with Crippen molar-refractivity contribution in [3.8, 4) is 0 Å². The van der Waals surface area contributed by atoms with E-state index in [1.165, 1.54) is 6.07 Å². The lowest BCUT2D eigenvalue weighted by molar-refractivity contribution is -0.150. The van der Waals surface area contributed by atoms with Gasteiger partial charge in [-0.15, -0.1) is 10.2 Å². The van der Waals surface area contributed by atoms with Crippen molar-refractivity contribution >= 4 is 39.5 Å². The molecule has 1 unspecified atom stereocenters. The van der Waals surface area contributed by atoms with Crippen LogP contribution >= 0.6 is 11.6 Å². The second-order valence-corrected chi connectivity index (χ2v) is 9.90. The first-order chi connectivity index (χ1) is 14.0. The van der Waals surface area contributed by atoms with Crippen molar-refractivity contribution in [3.05, 3.63) is 16.8 Å². The van der Waals surface area contributed by atoms with E-state index in [4.69, 9.17) is 16.2 Å². The number of hydrogen-bond acceptors (Lipinski definition) is 6. The summed E-state index contributed by atoms with van der Waals surface area (Å²) < 4.78 is 70.8. The number of nitrogens with zero attached hydrogens (tertiary/aromatic N) is 3. The first-order valence-corrected chi connectivity index (χ1v) is 10.9. The van der Waals surface area contributed by atoms with E-state index in [0.29, 0.717) is 0 Å². The Kier molecular flexibility index (Phi) is 7.07. The number of rotatable bonds is 6. The van der Waals surface area contributed by atoms with Gasteiger partial charge in [-0.05, 0) is 12.5 Å².